The minimum absolute atomic E-state index is 0.0787. The van der Waals surface area contributed by atoms with Crippen molar-refractivity contribution in [2.24, 2.45) is 0 Å². The molecule has 138 valence electrons. The Morgan fingerprint density at radius 2 is 2.35 bits per heavy atom. The van der Waals surface area contributed by atoms with Gasteiger partial charge in [-0.3, -0.25) is 4.79 Å². The molecule has 2 heterocycles. The molecule has 2 N–H and O–H groups in total. The predicted octanol–water partition coefficient (Wildman–Crippen LogP) is 3.34. The van der Waals surface area contributed by atoms with E-state index in [4.69, 9.17) is 5.11 Å². The number of carboxylic acid groups (broad SMARTS) is 1. The molecule has 1 atom stereocenters. The Kier molecular flexibility index (Phi) is 6.16. The number of carbonyl (C=O) groups excluding carboxylic acids is 1. The molecule has 1 aliphatic heterocycles. The Hall–Kier alpha value is -2.06. The third-order valence-electron chi connectivity index (χ3n) is 4.27. The first kappa shape index (κ1) is 18.7. The Morgan fingerprint density at radius 1 is 1.50 bits per heavy atom. The summed E-state index contributed by atoms with van der Waals surface area (Å²) in [7, 11) is 0. The fraction of sp³-hybridized carbons (Fsp3) is 0.389. The van der Waals surface area contributed by atoms with Crippen LogP contribution in [0.5, 0.6) is 0 Å². The summed E-state index contributed by atoms with van der Waals surface area (Å²) in [5, 5.41) is 13.9. The number of thioether (sulfide) groups is 1. The second kappa shape index (κ2) is 8.55. The molecule has 0 bridgehead atoms. The number of hydrogen-bond donors (Lipinski definition) is 2. The first-order valence-electron chi connectivity index (χ1n) is 8.44. The molecule has 3 rings (SSSR count). The molecule has 0 spiro atoms. The molecule has 0 saturated carbocycles. The number of nitrogens with zero attached hydrogens (tertiary/aromatic N) is 2. The first-order valence-corrected chi connectivity index (χ1v) is 10.3. The lowest BCUT2D eigenvalue weighted by Crippen LogP contribution is -2.39. The molecule has 1 aromatic heterocycles. The van der Waals surface area contributed by atoms with E-state index < -0.39 is 5.97 Å². The Labute approximate surface area is 160 Å². The van der Waals surface area contributed by atoms with Crippen LogP contribution in [0.3, 0.4) is 0 Å². The summed E-state index contributed by atoms with van der Waals surface area (Å²) in [6, 6.07) is 8.40. The number of likely N-dealkylation sites (tertiary alicyclic amines) is 1. The number of nitrogens with one attached hydrogen (secondary N) is 1. The van der Waals surface area contributed by atoms with Gasteiger partial charge in [0.25, 0.3) is 0 Å². The summed E-state index contributed by atoms with van der Waals surface area (Å²) in [5.41, 5.74) is 2.35. The SMILES string of the molecule is Cc1cccc(NC[C@H]2CCC(=O)N2CCSc2nc(C(=O)O)cs2)c1. The van der Waals surface area contributed by atoms with Crippen LogP contribution in [0.15, 0.2) is 34.0 Å². The minimum atomic E-state index is -1.01. The van der Waals surface area contributed by atoms with Crippen molar-refractivity contribution in [3.63, 3.8) is 0 Å². The summed E-state index contributed by atoms with van der Waals surface area (Å²) in [5.74, 6) is -0.115. The van der Waals surface area contributed by atoms with E-state index in [0.717, 1.165) is 23.0 Å². The average molecular weight is 392 g/mol. The molecular formula is C18H21N3O3S2. The highest BCUT2D eigenvalue weighted by atomic mass is 32.2. The van der Waals surface area contributed by atoms with Crippen molar-refractivity contribution in [2.45, 2.75) is 30.1 Å². The maximum atomic E-state index is 12.2. The highest BCUT2D eigenvalue weighted by Gasteiger charge is 2.30. The minimum Gasteiger partial charge on any atom is -0.476 e. The van der Waals surface area contributed by atoms with E-state index in [2.05, 4.69) is 29.4 Å². The molecule has 1 aliphatic rings. The van der Waals surface area contributed by atoms with Gasteiger partial charge < -0.3 is 15.3 Å². The van der Waals surface area contributed by atoms with Gasteiger partial charge in [-0.1, -0.05) is 23.9 Å². The molecule has 1 aromatic carbocycles. The van der Waals surface area contributed by atoms with Crippen LogP contribution in [0, 0.1) is 6.92 Å². The molecule has 0 unspecified atom stereocenters. The summed E-state index contributed by atoms with van der Waals surface area (Å²) in [4.78, 5) is 29.0. The van der Waals surface area contributed by atoms with Gasteiger partial charge in [0.15, 0.2) is 10.0 Å². The van der Waals surface area contributed by atoms with Gasteiger partial charge >= 0.3 is 5.97 Å². The zero-order chi connectivity index (χ0) is 18.5. The summed E-state index contributed by atoms with van der Waals surface area (Å²) < 4.78 is 0.725. The Morgan fingerprint density at radius 3 is 3.08 bits per heavy atom. The number of thiazole rings is 1. The van der Waals surface area contributed by atoms with Crippen LogP contribution >= 0.6 is 23.1 Å². The molecule has 1 amide bonds. The molecule has 26 heavy (non-hydrogen) atoms. The monoisotopic (exact) mass is 391 g/mol. The van der Waals surface area contributed by atoms with E-state index in [9.17, 15) is 9.59 Å². The lowest BCUT2D eigenvalue weighted by Gasteiger charge is -2.25. The Balaban J connectivity index is 1.50. The molecule has 0 aliphatic carbocycles. The number of rotatable bonds is 8. The lowest BCUT2D eigenvalue weighted by molar-refractivity contribution is -0.128. The predicted molar refractivity (Wildman–Crippen MR) is 104 cm³/mol. The van der Waals surface area contributed by atoms with Crippen molar-refractivity contribution in [3.8, 4) is 0 Å². The van der Waals surface area contributed by atoms with E-state index in [-0.39, 0.29) is 17.6 Å². The molecule has 2 aromatic rings. The fourth-order valence-electron chi connectivity index (χ4n) is 2.96. The number of aryl methyl sites for hydroxylation is 1. The van der Waals surface area contributed by atoms with E-state index in [1.54, 1.807) is 5.38 Å². The van der Waals surface area contributed by atoms with E-state index in [1.807, 2.05) is 17.0 Å². The Bertz CT molecular complexity index is 793. The van der Waals surface area contributed by atoms with Gasteiger partial charge in [-0.05, 0) is 31.0 Å². The van der Waals surface area contributed by atoms with Gasteiger partial charge in [0.1, 0.15) is 0 Å². The molecule has 8 heteroatoms. The fourth-order valence-corrected chi connectivity index (χ4v) is 4.77. The van der Waals surface area contributed by atoms with Gasteiger partial charge in [-0.15, -0.1) is 11.3 Å². The summed E-state index contributed by atoms with van der Waals surface area (Å²) >= 11 is 2.82. The van der Waals surface area contributed by atoms with Gasteiger partial charge in [-0.25, -0.2) is 9.78 Å². The quantitative estimate of drug-likeness (QED) is 0.672. The topological polar surface area (TPSA) is 82.5 Å². The van der Waals surface area contributed by atoms with Crippen LogP contribution in [0.4, 0.5) is 5.69 Å². The van der Waals surface area contributed by atoms with E-state index in [1.165, 1.54) is 28.7 Å². The first-order chi connectivity index (χ1) is 12.5. The maximum absolute atomic E-state index is 12.2. The number of aromatic nitrogens is 1. The number of amides is 1. The van der Waals surface area contributed by atoms with Gasteiger partial charge in [0, 0.05) is 42.4 Å². The number of hydrogen-bond acceptors (Lipinski definition) is 6. The van der Waals surface area contributed by atoms with Crippen LogP contribution in [-0.4, -0.2) is 51.8 Å². The standard InChI is InChI=1S/C18H21N3O3S2/c1-12-3-2-4-13(9-12)19-10-14-5-6-16(22)21(14)7-8-25-18-20-15(11-26-18)17(23)24/h2-4,9,11,14,19H,5-8,10H2,1H3,(H,23,24)/t14-/m1/s1. The number of carbonyl (C=O) groups is 2. The third-order valence-corrected chi connectivity index (χ3v) is 6.27. The number of carboxylic acids is 1. The van der Waals surface area contributed by atoms with Crippen molar-refractivity contribution in [1.29, 1.82) is 0 Å². The average Bonchev–Trinajstić information content (AvgIpc) is 3.21. The maximum Gasteiger partial charge on any atom is 0.355 e. The van der Waals surface area contributed by atoms with Crippen molar-refractivity contribution < 1.29 is 14.7 Å². The zero-order valence-corrected chi connectivity index (χ0v) is 16.1. The van der Waals surface area contributed by atoms with Crippen LogP contribution < -0.4 is 5.32 Å². The molecule has 6 nitrogen and oxygen atoms in total. The number of aromatic carboxylic acids is 1. The van der Waals surface area contributed by atoms with Crippen molar-refractivity contribution in [1.82, 2.24) is 9.88 Å². The third kappa shape index (κ3) is 4.76. The van der Waals surface area contributed by atoms with Gasteiger partial charge in [0.05, 0.1) is 0 Å². The van der Waals surface area contributed by atoms with Crippen LogP contribution in [0.25, 0.3) is 0 Å². The largest absolute Gasteiger partial charge is 0.476 e. The highest BCUT2D eigenvalue weighted by Crippen LogP contribution is 2.25. The smallest absolute Gasteiger partial charge is 0.355 e. The van der Waals surface area contributed by atoms with Crippen molar-refractivity contribution >= 4 is 40.7 Å². The second-order valence-electron chi connectivity index (χ2n) is 6.18. The molecular weight excluding hydrogens is 370 g/mol. The zero-order valence-electron chi connectivity index (χ0n) is 14.5. The normalized spacial score (nSPS) is 16.9. The second-order valence-corrected chi connectivity index (χ2v) is 8.38. The van der Waals surface area contributed by atoms with Gasteiger partial charge in [0.2, 0.25) is 5.91 Å². The van der Waals surface area contributed by atoms with E-state index >= 15 is 0 Å². The van der Waals surface area contributed by atoms with E-state index in [0.29, 0.717) is 18.7 Å². The van der Waals surface area contributed by atoms with Crippen LogP contribution in [0.2, 0.25) is 0 Å². The highest BCUT2D eigenvalue weighted by molar-refractivity contribution is 8.01. The lowest BCUT2D eigenvalue weighted by atomic mass is 10.2. The molecule has 1 saturated heterocycles. The number of anilines is 1. The number of benzene rings is 1. The van der Waals surface area contributed by atoms with Crippen molar-refractivity contribution in [3.05, 3.63) is 40.9 Å². The molecule has 0 radical (unpaired) electrons. The van der Waals surface area contributed by atoms with Gasteiger partial charge in [-0.2, -0.15) is 0 Å². The van der Waals surface area contributed by atoms with Crippen LogP contribution in [0.1, 0.15) is 28.9 Å². The van der Waals surface area contributed by atoms with Crippen molar-refractivity contribution in [2.75, 3.05) is 24.2 Å². The summed E-state index contributed by atoms with van der Waals surface area (Å²) in [6.07, 6.45) is 1.45. The van der Waals surface area contributed by atoms with Crippen LogP contribution in [-0.2, 0) is 4.79 Å². The molecule has 1 fully saturated rings. The summed E-state index contributed by atoms with van der Waals surface area (Å²) in [6.45, 7) is 3.44.